The zero-order chi connectivity index (χ0) is 15.0. The molecular formula is C13H20N2O5. The Labute approximate surface area is 117 Å². The molecule has 112 valence electrons. The topological polar surface area (TPSA) is 102 Å². The summed E-state index contributed by atoms with van der Waals surface area (Å²) < 4.78 is 9.78. The van der Waals surface area contributed by atoms with Gasteiger partial charge < -0.3 is 19.7 Å². The third-order valence-electron chi connectivity index (χ3n) is 2.85. The van der Waals surface area contributed by atoms with Crippen LogP contribution in [-0.4, -0.2) is 35.8 Å². The monoisotopic (exact) mass is 284 g/mol. The third kappa shape index (κ3) is 5.83. The number of ether oxygens (including phenoxy) is 1. The van der Waals surface area contributed by atoms with Crippen molar-refractivity contribution in [3.05, 3.63) is 17.5 Å². The molecule has 0 bridgehead atoms. The molecule has 7 heteroatoms. The fraction of sp³-hybridized carbons (Fsp3) is 0.615. The van der Waals surface area contributed by atoms with E-state index >= 15 is 0 Å². The zero-order valence-electron chi connectivity index (χ0n) is 11.7. The number of amides is 1. The summed E-state index contributed by atoms with van der Waals surface area (Å²) in [5, 5.41) is 14.9. The number of methoxy groups -OCH3 is 1. The van der Waals surface area contributed by atoms with Gasteiger partial charge in [-0.15, -0.1) is 0 Å². The van der Waals surface area contributed by atoms with Gasteiger partial charge in [0.2, 0.25) is 0 Å². The minimum absolute atomic E-state index is 0.152. The number of rotatable bonds is 9. The van der Waals surface area contributed by atoms with E-state index in [4.69, 9.17) is 14.4 Å². The molecule has 1 amide bonds. The van der Waals surface area contributed by atoms with E-state index in [-0.39, 0.29) is 30.5 Å². The van der Waals surface area contributed by atoms with E-state index in [2.05, 4.69) is 10.5 Å². The Morgan fingerprint density at radius 3 is 2.90 bits per heavy atom. The Hall–Kier alpha value is -1.89. The number of carbonyl (C=O) groups is 2. The minimum atomic E-state index is -0.797. The first kappa shape index (κ1) is 16.2. The second kappa shape index (κ2) is 8.31. The van der Waals surface area contributed by atoms with Crippen molar-refractivity contribution in [2.75, 3.05) is 13.7 Å². The lowest BCUT2D eigenvalue weighted by Crippen LogP contribution is -2.26. The highest BCUT2D eigenvalue weighted by Gasteiger charge is 2.12. The van der Waals surface area contributed by atoms with E-state index in [1.165, 1.54) is 13.2 Å². The smallest absolute Gasteiger partial charge is 0.303 e. The van der Waals surface area contributed by atoms with Crippen LogP contribution in [0.5, 0.6) is 0 Å². The summed E-state index contributed by atoms with van der Waals surface area (Å²) in [6.07, 6.45) is 1.48. The molecule has 0 aliphatic rings. The lowest BCUT2D eigenvalue weighted by Gasteiger charge is -2.09. The number of hydrogen-bond acceptors (Lipinski definition) is 5. The molecule has 1 heterocycles. The van der Waals surface area contributed by atoms with E-state index in [0.29, 0.717) is 18.7 Å². The Morgan fingerprint density at radius 2 is 2.25 bits per heavy atom. The van der Waals surface area contributed by atoms with Crippen LogP contribution in [0, 0.1) is 5.92 Å². The van der Waals surface area contributed by atoms with Crippen LogP contribution in [0.3, 0.4) is 0 Å². The summed E-state index contributed by atoms with van der Waals surface area (Å²) in [6.45, 7) is 2.71. The van der Waals surface area contributed by atoms with Gasteiger partial charge >= 0.3 is 5.97 Å². The van der Waals surface area contributed by atoms with Crippen LogP contribution in [0.15, 0.2) is 10.6 Å². The standard InChI is InChI=1S/C13H20N2O5/c1-9(3-4-12(16)17)5-6-14-13(18)11-7-10(8-19-2)20-15-11/h7,9H,3-6,8H2,1-2H3,(H,14,18)(H,16,17). The van der Waals surface area contributed by atoms with Gasteiger partial charge in [-0.2, -0.15) is 0 Å². The summed E-state index contributed by atoms with van der Waals surface area (Å²) in [5.41, 5.74) is 0.218. The average molecular weight is 284 g/mol. The molecule has 0 aromatic carbocycles. The van der Waals surface area contributed by atoms with Crippen molar-refractivity contribution in [2.24, 2.45) is 5.92 Å². The lowest BCUT2D eigenvalue weighted by atomic mass is 10.0. The first-order valence-electron chi connectivity index (χ1n) is 6.47. The number of aromatic nitrogens is 1. The van der Waals surface area contributed by atoms with Crippen molar-refractivity contribution in [1.82, 2.24) is 10.5 Å². The zero-order valence-corrected chi connectivity index (χ0v) is 11.7. The van der Waals surface area contributed by atoms with E-state index in [9.17, 15) is 9.59 Å². The molecule has 0 fully saturated rings. The molecule has 2 N–H and O–H groups in total. The molecule has 20 heavy (non-hydrogen) atoms. The van der Waals surface area contributed by atoms with Crippen LogP contribution >= 0.6 is 0 Å². The Kier molecular flexibility index (Phi) is 6.72. The Morgan fingerprint density at radius 1 is 1.50 bits per heavy atom. The van der Waals surface area contributed by atoms with Crippen LogP contribution in [0.4, 0.5) is 0 Å². The SMILES string of the molecule is COCc1cc(C(=O)NCCC(C)CCC(=O)O)no1. The fourth-order valence-corrected chi connectivity index (χ4v) is 1.67. The number of carbonyl (C=O) groups excluding carboxylic acids is 1. The molecule has 1 aromatic heterocycles. The van der Waals surface area contributed by atoms with Gasteiger partial charge in [0, 0.05) is 26.1 Å². The first-order valence-corrected chi connectivity index (χ1v) is 6.47. The number of nitrogens with one attached hydrogen (secondary N) is 1. The molecule has 0 aliphatic heterocycles. The molecule has 0 saturated heterocycles. The second-order valence-electron chi connectivity index (χ2n) is 4.69. The summed E-state index contributed by atoms with van der Waals surface area (Å²) >= 11 is 0. The van der Waals surface area contributed by atoms with Crippen molar-refractivity contribution in [1.29, 1.82) is 0 Å². The quantitative estimate of drug-likeness (QED) is 0.711. The molecular weight excluding hydrogens is 264 g/mol. The van der Waals surface area contributed by atoms with Crippen molar-refractivity contribution in [2.45, 2.75) is 32.8 Å². The first-order chi connectivity index (χ1) is 9.52. The molecule has 1 aromatic rings. The molecule has 1 rings (SSSR count). The number of carboxylic acids is 1. The largest absolute Gasteiger partial charge is 0.481 e. The van der Waals surface area contributed by atoms with Gasteiger partial charge in [0.15, 0.2) is 11.5 Å². The maximum absolute atomic E-state index is 11.7. The highest BCUT2D eigenvalue weighted by atomic mass is 16.5. The number of nitrogens with zero attached hydrogens (tertiary/aromatic N) is 1. The van der Waals surface area contributed by atoms with E-state index < -0.39 is 5.97 Å². The van der Waals surface area contributed by atoms with Gasteiger partial charge in [-0.05, 0) is 18.8 Å². The van der Waals surface area contributed by atoms with Crippen molar-refractivity contribution in [3.8, 4) is 0 Å². The van der Waals surface area contributed by atoms with Crippen LogP contribution in [0.2, 0.25) is 0 Å². The molecule has 7 nitrogen and oxygen atoms in total. The number of carboxylic acid groups (broad SMARTS) is 1. The highest BCUT2D eigenvalue weighted by Crippen LogP contribution is 2.09. The number of hydrogen-bond donors (Lipinski definition) is 2. The third-order valence-corrected chi connectivity index (χ3v) is 2.85. The van der Waals surface area contributed by atoms with Crippen LogP contribution in [-0.2, 0) is 16.1 Å². The normalized spacial score (nSPS) is 12.1. The Bertz CT molecular complexity index is 444. The van der Waals surface area contributed by atoms with Crippen LogP contribution in [0.1, 0.15) is 42.4 Å². The highest BCUT2D eigenvalue weighted by molar-refractivity contribution is 5.92. The summed E-state index contributed by atoms with van der Waals surface area (Å²) in [5.74, 6) is -0.365. The second-order valence-corrected chi connectivity index (χ2v) is 4.69. The van der Waals surface area contributed by atoms with Crippen LogP contribution in [0.25, 0.3) is 0 Å². The summed E-state index contributed by atoms with van der Waals surface area (Å²) in [6, 6.07) is 1.53. The summed E-state index contributed by atoms with van der Waals surface area (Å²) in [7, 11) is 1.53. The van der Waals surface area contributed by atoms with E-state index in [1.54, 1.807) is 0 Å². The van der Waals surface area contributed by atoms with Gasteiger partial charge in [0.25, 0.3) is 5.91 Å². The van der Waals surface area contributed by atoms with E-state index in [0.717, 1.165) is 6.42 Å². The van der Waals surface area contributed by atoms with Gasteiger partial charge in [0.1, 0.15) is 6.61 Å². The Balaban J connectivity index is 2.26. The predicted molar refractivity (Wildman–Crippen MR) is 70.2 cm³/mol. The molecule has 0 aliphatic carbocycles. The van der Waals surface area contributed by atoms with Gasteiger partial charge in [-0.25, -0.2) is 0 Å². The molecule has 0 radical (unpaired) electrons. The maximum Gasteiger partial charge on any atom is 0.303 e. The van der Waals surface area contributed by atoms with Gasteiger partial charge in [-0.3, -0.25) is 9.59 Å². The van der Waals surface area contributed by atoms with Gasteiger partial charge in [-0.1, -0.05) is 12.1 Å². The average Bonchev–Trinajstić information content (AvgIpc) is 2.85. The maximum atomic E-state index is 11.7. The van der Waals surface area contributed by atoms with Crippen molar-refractivity contribution in [3.63, 3.8) is 0 Å². The minimum Gasteiger partial charge on any atom is -0.481 e. The van der Waals surface area contributed by atoms with Crippen LogP contribution < -0.4 is 5.32 Å². The lowest BCUT2D eigenvalue weighted by molar-refractivity contribution is -0.137. The van der Waals surface area contributed by atoms with Gasteiger partial charge in [0.05, 0.1) is 0 Å². The number of aliphatic carboxylic acids is 1. The molecule has 1 unspecified atom stereocenters. The molecule has 0 spiro atoms. The van der Waals surface area contributed by atoms with Crippen molar-refractivity contribution < 1.29 is 24.0 Å². The molecule has 1 atom stereocenters. The fourth-order valence-electron chi connectivity index (χ4n) is 1.67. The summed E-state index contributed by atoms with van der Waals surface area (Å²) in [4.78, 5) is 22.2. The van der Waals surface area contributed by atoms with E-state index in [1.807, 2.05) is 6.92 Å². The predicted octanol–water partition coefficient (Wildman–Crippen LogP) is 1.44. The van der Waals surface area contributed by atoms with Crippen molar-refractivity contribution >= 4 is 11.9 Å². The molecule has 0 saturated carbocycles.